The highest BCUT2D eigenvalue weighted by Gasteiger charge is 2.17. The molecular formula is C23H23BrClN3O4. The fraction of sp³-hybridized carbons (Fsp3) is 0.304. The number of nitrogens with zero attached hydrogens (tertiary/aromatic N) is 3. The number of carbonyl (C=O) groups is 1. The van der Waals surface area contributed by atoms with Crippen molar-refractivity contribution >= 4 is 50.6 Å². The Kier molecular flexibility index (Phi) is 8.04. The van der Waals surface area contributed by atoms with E-state index in [9.17, 15) is 9.59 Å². The smallest absolute Gasteiger partial charge is 0.347 e. The van der Waals surface area contributed by atoms with Crippen LogP contribution in [0.2, 0.25) is 5.02 Å². The van der Waals surface area contributed by atoms with Crippen molar-refractivity contribution in [3.05, 3.63) is 67.6 Å². The predicted molar refractivity (Wildman–Crippen MR) is 129 cm³/mol. The number of ether oxygens (including phenoxy) is 2. The molecule has 0 amide bonds. The van der Waals surface area contributed by atoms with Gasteiger partial charge in [-0.3, -0.25) is 4.79 Å². The molecule has 0 aliphatic rings. The minimum Gasteiger partial charge on any atom is -0.478 e. The summed E-state index contributed by atoms with van der Waals surface area (Å²) in [5.74, 6) is 0.462. The second kappa shape index (κ2) is 10.7. The molecule has 0 aliphatic carbocycles. The van der Waals surface area contributed by atoms with Crippen LogP contribution in [-0.2, 0) is 16.0 Å². The van der Waals surface area contributed by atoms with Crippen molar-refractivity contribution in [3.63, 3.8) is 0 Å². The van der Waals surface area contributed by atoms with E-state index in [-0.39, 0.29) is 12.2 Å². The standard InChI is InChI=1S/C23H23BrClN3O4/c1-4-6-21-27-19-9-7-16(24)12-18(19)22(29)28(21)26-13-15-11-17(25)8-10-20(15)32-14(3)23(30)31-5-2/h7-14H,4-6H2,1-3H3/t14-/m0/s1. The predicted octanol–water partition coefficient (Wildman–Crippen LogP) is 4.98. The van der Waals surface area contributed by atoms with Crippen molar-refractivity contribution in [2.75, 3.05) is 6.61 Å². The van der Waals surface area contributed by atoms with Gasteiger partial charge in [0.1, 0.15) is 11.6 Å². The second-order valence-electron chi connectivity index (χ2n) is 7.00. The van der Waals surface area contributed by atoms with Gasteiger partial charge in [-0.15, -0.1) is 0 Å². The average Bonchev–Trinajstić information content (AvgIpc) is 2.76. The highest BCUT2D eigenvalue weighted by Crippen LogP contribution is 2.23. The highest BCUT2D eigenvalue weighted by atomic mass is 79.9. The number of hydrogen-bond donors (Lipinski definition) is 0. The summed E-state index contributed by atoms with van der Waals surface area (Å²) in [4.78, 5) is 29.7. The van der Waals surface area contributed by atoms with Gasteiger partial charge in [-0.1, -0.05) is 34.5 Å². The third-order valence-corrected chi connectivity index (χ3v) is 5.28. The summed E-state index contributed by atoms with van der Waals surface area (Å²) in [6, 6.07) is 10.3. The van der Waals surface area contributed by atoms with Crippen molar-refractivity contribution in [1.82, 2.24) is 9.66 Å². The number of rotatable bonds is 8. The van der Waals surface area contributed by atoms with Crippen LogP contribution >= 0.6 is 27.5 Å². The first kappa shape index (κ1) is 23.9. The lowest BCUT2D eigenvalue weighted by atomic mass is 10.2. The number of halogens is 2. The van der Waals surface area contributed by atoms with Crippen molar-refractivity contribution < 1.29 is 14.3 Å². The normalized spacial score (nSPS) is 12.3. The molecule has 0 aliphatic heterocycles. The first-order chi connectivity index (χ1) is 15.3. The third-order valence-electron chi connectivity index (χ3n) is 4.56. The first-order valence-corrected chi connectivity index (χ1v) is 11.4. The summed E-state index contributed by atoms with van der Waals surface area (Å²) in [6.45, 7) is 5.59. The van der Waals surface area contributed by atoms with Gasteiger partial charge in [-0.25, -0.2) is 9.78 Å². The monoisotopic (exact) mass is 519 g/mol. The molecule has 1 aromatic heterocycles. The van der Waals surface area contributed by atoms with Gasteiger partial charge in [0.25, 0.3) is 5.56 Å². The molecule has 2 aromatic carbocycles. The molecule has 0 spiro atoms. The molecule has 0 radical (unpaired) electrons. The molecular weight excluding hydrogens is 498 g/mol. The summed E-state index contributed by atoms with van der Waals surface area (Å²) >= 11 is 9.56. The molecule has 0 saturated carbocycles. The summed E-state index contributed by atoms with van der Waals surface area (Å²) in [5.41, 5.74) is 0.848. The quantitative estimate of drug-likeness (QED) is 0.309. The molecule has 0 bridgehead atoms. The molecule has 168 valence electrons. The summed E-state index contributed by atoms with van der Waals surface area (Å²) in [6.07, 6.45) is 2.04. The van der Waals surface area contributed by atoms with E-state index in [0.717, 1.165) is 10.9 Å². The summed E-state index contributed by atoms with van der Waals surface area (Å²) in [5, 5.41) is 5.33. The number of fused-ring (bicyclic) bond motifs is 1. The molecule has 0 saturated heterocycles. The van der Waals surface area contributed by atoms with Crippen LogP contribution in [-0.4, -0.2) is 34.6 Å². The molecule has 3 rings (SSSR count). The summed E-state index contributed by atoms with van der Waals surface area (Å²) in [7, 11) is 0. The molecule has 1 heterocycles. The van der Waals surface area contributed by atoms with Gasteiger partial charge in [-0.05, 0) is 56.7 Å². The fourth-order valence-electron chi connectivity index (χ4n) is 3.04. The van der Waals surface area contributed by atoms with Crippen molar-refractivity contribution in [3.8, 4) is 5.75 Å². The second-order valence-corrected chi connectivity index (χ2v) is 8.35. The Morgan fingerprint density at radius 2 is 2.06 bits per heavy atom. The van der Waals surface area contributed by atoms with Crippen LogP contribution in [0.15, 0.2) is 50.8 Å². The van der Waals surface area contributed by atoms with Crippen molar-refractivity contribution in [2.24, 2.45) is 5.10 Å². The van der Waals surface area contributed by atoms with Crippen LogP contribution in [0.1, 0.15) is 38.6 Å². The van der Waals surface area contributed by atoms with Crippen molar-refractivity contribution in [1.29, 1.82) is 0 Å². The van der Waals surface area contributed by atoms with E-state index < -0.39 is 12.1 Å². The molecule has 0 fully saturated rings. The van der Waals surface area contributed by atoms with Gasteiger partial charge in [0, 0.05) is 21.5 Å². The fourth-order valence-corrected chi connectivity index (χ4v) is 3.59. The molecule has 32 heavy (non-hydrogen) atoms. The van der Waals surface area contributed by atoms with Gasteiger partial charge in [-0.2, -0.15) is 9.78 Å². The minimum absolute atomic E-state index is 0.260. The molecule has 3 aromatic rings. The SMILES string of the molecule is CCCc1nc2ccc(Br)cc2c(=O)n1N=Cc1cc(Cl)ccc1O[C@@H](C)C(=O)OCC. The van der Waals surface area contributed by atoms with E-state index >= 15 is 0 Å². The Hall–Kier alpha value is -2.71. The van der Waals surface area contributed by atoms with Gasteiger partial charge in [0.15, 0.2) is 6.10 Å². The van der Waals surface area contributed by atoms with E-state index in [4.69, 9.17) is 21.1 Å². The number of carbonyl (C=O) groups excluding carboxylic acids is 1. The zero-order valence-electron chi connectivity index (χ0n) is 18.0. The molecule has 0 unspecified atom stereocenters. The van der Waals surface area contributed by atoms with E-state index in [1.54, 1.807) is 44.2 Å². The van der Waals surface area contributed by atoms with Crippen LogP contribution in [0.5, 0.6) is 5.75 Å². The van der Waals surface area contributed by atoms with Crippen LogP contribution < -0.4 is 10.3 Å². The van der Waals surface area contributed by atoms with Crippen LogP contribution in [0.25, 0.3) is 10.9 Å². The van der Waals surface area contributed by atoms with Gasteiger partial charge in [0.05, 0.1) is 23.7 Å². The van der Waals surface area contributed by atoms with Gasteiger partial charge < -0.3 is 9.47 Å². The van der Waals surface area contributed by atoms with E-state index in [1.807, 2.05) is 13.0 Å². The number of aryl methyl sites for hydroxylation is 1. The number of aromatic nitrogens is 2. The number of benzene rings is 2. The minimum atomic E-state index is -0.818. The summed E-state index contributed by atoms with van der Waals surface area (Å²) < 4.78 is 12.8. The maximum atomic E-state index is 13.2. The Morgan fingerprint density at radius 1 is 1.28 bits per heavy atom. The number of esters is 1. The lowest BCUT2D eigenvalue weighted by Gasteiger charge is -2.15. The Labute approximate surface area is 199 Å². The Morgan fingerprint density at radius 3 is 2.78 bits per heavy atom. The van der Waals surface area contributed by atoms with E-state index in [2.05, 4.69) is 26.0 Å². The average molecular weight is 521 g/mol. The van der Waals surface area contributed by atoms with Gasteiger partial charge in [0.2, 0.25) is 0 Å². The topological polar surface area (TPSA) is 82.8 Å². The maximum Gasteiger partial charge on any atom is 0.347 e. The Balaban J connectivity index is 2.04. The zero-order chi connectivity index (χ0) is 23.3. The van der Waals surface area contributed by atoms with E-state index in [0.29, 0.717) is 39.5 Å². The van der Waals surface area contributed by atoms with Crippen LogP contribution in [0.4, 0.5) is 0 Å². The third kappa shape index (κ3) is 5.55. The van der Waals surface area contributed by atoms with Crippen LogP contribution in [0, 0.1) is 0 Å². The first-order valence-electron chi connectivity index (χ1n) is 10.2. The molecule has 0 N–H and O–H groups in total. The van der Waals surface area contributed by atoms with Gasteiger partial charge >= 0.3 is 5.97 Å². The molecule has 7 nitrogen and oxygen atoms in total. The zero-order valence-corrected chi connectivity index (χ0v) is 20.3. The number of hydrogen-bond acceptors (Lipinski definition) is 6. The van der Waals surface area contributed by atoms with E-state index in [1.165, 1.54) is 10.9 Å². The lowest BCUT2D eigenvalue weighted by molar-refractivity contribution is -0.150. The maximum absolute atomic E-state index is 13.2. The van der Waals surface area contributed by atoms with Crippen molar-refractivity contribution in [2.45, 2.75) is 39.7 Å². The lowest BCUT2D eigenvalue weighted by Crippen LogP contribution is -2.26. The molecule has 9 heteroatoms. The largest absolute Gasteiger partial charge is 0.478 e. The molecule has 1 atom stereocenters. The highest BCUT2D eigenvalue weighted by molar-refractivity contribution is 9.10. The Bertz CT molecular complexity index is 1230. The van der Waals surface area contributed by atoms with Crippen LogP contribution in [0.3, 0.4) is 0 Å².